The summed E-state index contributed by atoms with van der Waals surface area (Å²) in [5.41, 5.74) is 0.928. The van der Waals surface area contributed by atoms with Crippen molar-refractivity contribution in [2.45, 2.75) is 0 Å². The van der Waals surface area contributed by atoms with Crippen LogP contribution >= 0.6 is 38.9 Å². The number of nitrogens with zero attached hydrogens (tertiary/aromatic N) is 4. The van der Waals surface area contributed by atoms with E-state index in [1.165, 1.54) is 0 Å². The van der Waals surface area contributed by atoms with Gasteiger partial charge in [-0.25, -0.2) is 0 Å². The second-order valence-corrected chi connectivity index (χ2v) is 5.19. The minimum Gasteiger partial charge on any atom is -0.347 e. The maximum atomic E-state index is 5.86. The highest BCUT2D eigenvalue weighted by Crippen LogP contribution is 2.30. The first-order valence-electron chi connectivity index (χ1n) is 4.39. The molecule has 0 N–H and O–H groups in total. The largest absolute Gasteiger partial charge is 0.347 e. The minimum atomic E-state index is 0.201. The minimum absolute atomic E-state index is 0.201. The molecule has 2 heterocycles. The second kappa shape index (κ2) is 4.65. The van der Waals surface area contributed by atoms with E-state index in [4.69, 9.17) is 11.6 Å². The van der Waals surface area contributed by atoms with Crippen molar-refractivity contribution in [1.29, 1.82) is 0 Å². The average Bonchev–Trinajstić information content (AvgIpc) is 2.63. The summed E-state index contributed by atoms with van der Waals surface area (Å²) in [6.45, 7) is 0. The fourth-order valence-electron chi connectivity index (χ4n) is 1.10. The highest BCUT2D eigenvalue weighted by atomic mass is 79.9. The fourth-order valence-corrected chi connectivity index (χ4v) is 2.71. The van der Waals surface area contributed by atoms with Gasteiger partial charge >= 0.3 is 0 Å². The van der Waals surface area contributed by atoms with E-state index in [-0.39, 0.29) is 5.28 Å². The maximum Gasteiger partial charge on any atom is 0.229 e. The Morgan fingerprint density at radius 1 is 1.25 bits per heavy atom. The summed E-state index contributed by atoms with van der Waals surface area (Å²) in [6.07, 6.45) is 0. The number of rotatable bonds is 2. The van der Waals surface area contributed by atoms with Crippen molar-refractivity contribution in [1.82, 2.24) is 15.0 Å². The van der Waals surface area contributed by atoms with E-state index < -0.39 is 0 Å². The van der Waals surface area contributed by atoms with Crippen molar-refractivity contribution < 1.29 is 0 Å². The van der Waals surface area contributed by atoms with Crippen molar-refractivity contribution >= 4 is 44.8 Å². The first-order valence-corrected chi connectivity index (χ1v) is 6.50. The van der Waals surface area contributed by atoms with Crippen LogP contribution in [0.3, 0.4) is 0 Å². The Hall–Kier alpha value is -0.720. The molecule has 0 fully saturated rings. The monoisotopic (exact) mass is 318 g/mol. The lowest BCUT2D eigenvalue weighted by Gasteiger charge is -2.10. The second-order valence-electron chi connectivity index (χ2n) is 3.26. The molecule has 2 rings (SSSR count). The third-order valence-electron chi connectivity index (χ3n) is 1.85. The van der Waals surface area contributed by atoms with Crippen LogP contribution in [0.15, 0.2) is 15.2 Å². The zero-order valence-electron chi connectivity index (χ0n) is 8.61. The molecule has 2 aromatic heterocycles. The van der Waals surface area contributed by atoms with Gasteiger partial charge in [0.1, 0.15) is 0 Å². The van der Waals surface area contributed by atoms with Crippen LogP contribution in [0.25, 0.3) is 11.4 Å². The predicted octanol–water partition coefficient (Wildman–Crippen LogP) is 3.08. The molecule has 84 valence electrons. The van der Waals surface area contributed by atoms with Gasteiger partial charge < -0.3 is 4.90 Å². The number of halogens is 2. The summed E-state index contributed by atoms with van der Waals surface area (Å²) in [6, 6.07) is 0. The van der Waals surface area contributed by atoms with E-state index in [0.717, 1.165) is 10.0 Å². The van der Waals surface area contributed by atoms with E-state index in [1.54, 1.807) is 16.2 Å². The smallest absolute Gasteiger partial charge is 0.229 e. The van der Waals surface area contributed by atoms with Crippen LogP contribution in [0, 0.1) is 0 Å². The topological polar surface area (TPSA) is 41.9 Å². The van der Waals surface area contributed by atoms with Gasteiger partial charge in [-0.05, 0) is 27.5 Å². The van der Waals surface area contributed by atoms with Gasteiger partial charge in [0, 0.05) is 34.9 Å². The first-order chi connectivity index (χ1) is 7.58. The molecule has 7 heteroatoms. The van der Waals surface area contributed by atoms with Crippen LogP contribution in [0.2, 0.25) is 5.28 Å². The molecular weight excluding hydrogens is 312 g/mol. The Balaban J connectivity index is 2.54. The molecule has 0 aliphatic carbocycles. The van der Waals surface area contributed by atoms with E-state index in [2.05, 4.69) is 30.9 Å². The maximum absolute atomic E-state index is 5.86. The number of hydrogen-bond acceptors (Lipinski definition) is 5. The van der Waals surface area contributed by atoms with Gasteiger partial charge in [-0.1, -0.05) is 0 Å². The fraction of sp³-hybridized carbons (Fsp3) is 0.222. The Morgan fingerprint density at radius 3 is 2.56 bits per heavy atom. The van der Waals surface area contributed by atoms with Gasteiger partial charge in [-0.2, -0.15) is 26.3 Å². The number of anilines is 1. The summed E-state index contributed by atoms with van der Waals surface area (Å²) < 4.78 is 0.962. The van der Waals surface area contributed by atoms with Crippen LogP contribution in [-0.2, 0) is 0 Å². The van der Waals surface area contributed by atoms with E-state index in [0.29, 0.717) is 11.8 Å². The quantitative estimate of drug-likeness (QED) is 0.853. The third-order valence-corrected chi connectivity index (χ3v) is 3.72. The molecule has 0 aliphatic heterocycles. The summed E-state index contributed by atoms with van der Waals surface area (Å²) in [4.78, 5) is 14.3. The highest BCUT2D eigenvalue weighted by molar-refractivity contribution is 9.10. The Bertz CT molecular complexity index is 514. The Morgan fingerprint density at radius 2 is 2.00 bits per heavy atom. The number of aromatic nitrogens is 3. The third kappa shape index (κ3) is 2.34. The van der Waals surface area contributed by atoms with Crippen LogP contribution in [0.4, 0.5) is 5.95 Å². The zero-order chi connectivity index (χ0) is 11.7. The van der Waals surface area contributed by atoms with Crippen LogP contribution in [0.1, 0.15) is 0 Å². The van der Waals surface area contributed by atoms with Crippen LogP contribution in [-0.4, -0.2) is 29.0 Å². The highest BCUT2D eigenvalue weighted by Gasteiger charge is 2.11. The van der Waals surface area contributed by atoms with E-state index in [1.807, 2.05) is 24.9 Å². The van der Waals surface area contributed by atoms with E-state index in [9.17, 15) is 0 Å². The molecule has 0 atom stereocenters. The molecule has 0 saturated heterocycles. The van der Waals surface area contributed by atoms with Gasteiger partial charge in [-0.15, -0.1) is 0 Å². The number of hydrogen-bond donors (Lipinski definition) is 0. The standard InChI is InChI=1S/C9H8BrClN4S/c1-15(2)9-13-7(12-8(11)14-9)5-3-16-4-6(5)10/h3-4H,1-2H3. The summed E-state index contributed by atoms with van der Waals surface area (Å²) in [5.74, 6) is 1.13. The number of thiophene rings is 1. The van der Waals surface area contributed by atoms with Crippen LogP contribution < -0.4 is 4.90 Å². The lowest BCUT2D eigenvalue weighted by Crippen LogP contribution is -2.13. The zero-order valence-corrected chi connectivity index (χ0v) is 11.8. The first kappa shape index (κ1) is 11.8. The Labute approximate surface area is 110 Å². The van der Waals surface area contributed by atoms with Gasteiger partial charge in [0.15, 0.2) is 5.82 Å². The molecule has 16 heavy (non-hydrogen) atoms. The lowest BCUT2D eigenvalue weighted by molar-refractivity contribution is 0.962. The van der Waals surface area contributed by atoms with Crippen LogP contribution in [0.5, 0.6) is 0 Å². The molecule has 2 aromatic rings. The molecule has 0 spiro atoms. The lowest BCUT2D eigenvalue weighted by atomic mass is 10.3. The Kier molecular flexibility index (Phi) is 3.41. The van der Waals surface area contributed by atoms with Crippen molar-refractivity contribution in [3.8, 4) is 11.4 Å². The van der Waals surface area contributed by atoms with Crippen molar-refractivity contribution in [3.05, 3.63) is 20.5 Å². The SMILES string of the molecule is CN(C)c1nc(Cl)nc(-c2cscc2Br)n1. The predicted molar refractivity (Wildman–Crippen MR) is 70.2 cm³/mol. The molecule has 0 unspecified atom stereocenters. The van der Waals surface area contributed by atoms with Crippen molar-refractivity contribution in [3.63, 3.8) is 0 Å². The average molecular weight is 320 g/mol. The molecule has 0 aromatic carbocycles. The molecule has 0 saturated carbocycles. The van der Waals surface area contributed by atoms with Gasteiger partial charge in [0.2, 0.25) is 11.2 Å². The van der Waals surface area contributed by atoms with E-state index >= 15 is 0 Å². The molecule has 0 aliphatic rings. The van der Waals surface area contributed by atoms with Gasteiger partial charge in [0.05, 0.1) is 0 Å². The molecular formula is C9H8BrClN4S. The van der Waals surface area contributed by atoms with Crippen molar-refractivity contribution in [2.75, 3.05) is 19.0 Å². The normalized spacial score (nSPS) is 10.5. The molecule has 0 amide bonds. The van der Waals surface area contributed by atoms with Crippen molar-refractivity contribution in [2.24, 2.45) is 0 Å². The summed E-state index contributed by atoms with van der Waals surface area (Å²) in [7, 11) is 3.72. The molecule has 0 bridgehead atoms. The van der Waals surface area contributed by atoms with Gasteiger partial charge in [-0.3, -0.25) is 0 Å². The molecule has 0 radical (unpaired) electrons. The van der Waals surface area contributed by atoms with Gasteiger partial charge in [0.25, 0.3) is 0 Å². The summed E-state index contributed by atoms with van der Waals surface area (Å²) >= 11 is 10.9. The molecule has 4 nitrogen and oxygen atoms in total. The summed E-state index contributed by atoms with van der Waals surface area (Å²) in [5, 5.41) is 4.14.